The third-order valence-electron chi connectivity index (χ3n) is 14.3. The fraction of sp³-hybridized carbons (Fsp3) is 0.346. The summed E-state index contributed by atoms with van der Waals surface area (Å²) in [5.74, 6) is -1.09. The topological polar surface area (TPSA) is 252 Å². The van der Waals surface area contributed by atoms with Crippen molar-refractivity contribution in [3.63, 3.8) is 0 Å². The fourth-order valence-electron chi connectivity index (χ4n) is 10.5. The highest BCUT2D eigenvalue weighted by Gasteiger charge is 2.43. The first-order valence-electron chi connectivity index (χ1n) is 25.3. The Bertz CT molecular complexity index is 3560. The van der Waals surface area contributed by atoms with Crippen LogP contribution in [0.15, 0.2) is 85.2 Å². The van der Waals surface area contributed by atoms with Crippen molar-refractivity contribution in [3.05, 3.63) is 139 Å². The van der Waals surface area contributed by atoms with Crippen molar-refractivity contribution in [1.82, 2.24) is 40.0 Å². The summed E-state index contributed by atoms with van der Waals surface area (Å²) < 4.78 is 78.2. The van der Waals surface area contributed by atoms with Gasteiger partial charge in [-0.1, -0.05) is 70.7 Å². The number of nitrogens with one attached hydrogen (secondary N) is 5. The quantitative estimate of drug-likeness (QED) is 0.0626. The van der Waals surface area contributed by atoms with Crippen LogP contribution < -0.4 is 49.6 Å². The zero-order chi connectivity index (χ0) is 55.2. The van der Waals surface area contributed by atoms with E-state index in [-0.39, 0.29) is 99.0 Å². The molecule has 414 valence electrons. The van der Waals surface area contributed by atoms with E-state index in [1.165, 1.54) is 22.2 Å². The first-order chi connectivity index (χ1) is 38.0. The van der Waals surface area contributed by atoms with E-state index in [9.17, 15) is 26.4 Å². The van der Waals surface area contributed by atoms with Crippen molar-refractivity contribution in [2.75, 3.05) is 72.5 Å². The Balaban J connectivity index is 0.890. The zero-order valence-corrected chi connectivity index (χ0v) is 46.9. The second-order valence-electron chi connectivity index (χ2n) is 19.6. The molecule has 6 aromatic rings. The van der Waals surface area contributed by atoms with Gasteiger partial charge in [0.25, 0.3) is 11.8 Å². The molecule has 2 amide bonds. The summed E-state index contributed by atoms with van der Waals surface area (Å²) in [6.07, 6.45) is 5.94. The van der Waals surface area contributed by atoms with Gasteiger partial charge in [0.2, 0.25) is 43.7 Å². The summed E-state index contributed by atoms with van der Waals surface area (Å²) in [6.45, 7) is 2.56. The second kappa shape index (κ2) is 22.9. The first kappa shape index (κ1) is 55.0. The fourth-order valence-corrected chi connectivity index (χ4v) is 13.5. The average molecular weight is 1200 g/mol. The molecule has 2 aromatic heterocycles. The maximum Gasteiger partial charge on any atom is 0.268 e. The van der Waals surface area contributed by atoms with Gasteiger partial charge in [-0.2, -0.15) is 9.97 Å². The van der Waals surface area contributed by atoms with E-state index in [2.05, 4.69) is 40.3 Å². The number of benzene rings is 4. The van der Waals surface area contributed by atoms with E-state index in [1.54, 1.807) is 47.4 Å². The van der Waals surface area contributed by atoms with Crippen LogP contribution in [0.5, 0.6) is 11.8 Å². The van der Waals surface area contributed by atoms with Crippen LogP contribution in [-0.2, 0) is 37.1 Å². The third-order valence-corrected chi connectivity index (χ3v) is 17.6. The molecule has 5 N–H and O–H groups in total. The average Bonchev–Trinajstić information content (AvgIpc) is 3.55. The number of carbonyl (C=O) groups excluding carboxylic acids is 2. The van der Waals surface area contributed by atoms with Crippen LogP contribution in [0.3, 0.4) is 0 Å². The minimum atomic E-state index is -4.18. The number of sulfonamides is 2. The Hall–Kier alpha value is -5.96. The molecule has 0 aliphatic carbocycles. The number of nitrogens with zero attached hydrogens (tertiary/aromatic N) is 7. The van der Waals surface area contributed by atoms with Gasteiger partial charge in [-0.05, 0) is 134 Å². The van der Waals surface area contributed by atoms with Gasteiger partial charge in [0.1, 0.15) is 11.1 Å². The predicted octanol–water partition coefficient (Wildman–Crippen LogP) is 7.58. The van der Waals surface area contributed by atoms with Crippen molar-refractivity contribution in [3.8, 4) is 11.8 Å². The van der Waals surface area contributed by atoms with Gasteiger partial charge in [0.15, 0.2) is 19.7 Å². The van der Waals surface area contributed by atoms with Crippen LogP contribution in [0.25, 0.3) is 0 Å². The maximum atomic E-state index is 14.7. The highest BCUT2D eigenvalue weighted by Crippen LogP contribution is 2.42. The summed E-state index contributed by atoms with van der Waals surface area (Å²) in [6, 6.07) is 20.0. The molecule has 2 unspecified atom stereocenters. The summed E-state index contributed by atoms with van der Waals surface area (Å²) in [7, 11) is -7.80. The minimum Gasteiger partial charge on any atom is -0.455 e. The van der Waals surface area contributed by atoms with Crippen molar-refractivity contribution in [2.45, 2.75) is 62.1 Å². The van der Waals surface area contributed by atoms with Gasteiger partial charge in [-0.15, -0.1) is 0 Å². The second-order valence-corrected chi connectivity index (χ2v) is 24.8. The van der Waals surface area contributed by atoms with Crippen LogP contribution in [0.1, 0.15) is 80.5 Å². The molecule has 3 saturated heterocycles. The summed E-state index contributed by atoms with van der Waals surface area (Å²) in [5, 5.41) is 10.9. The smallest absolute Gasteiger partial charge is 0.268 e. The molecular formula is C52H52Cl4N12O9S2. The Morgan fingerprint density at radius 3 is 1.80 bits per heavy atom. The minimum absolute atomic E-state index is 0.00904. The molecule has 11 rings (SSSR count). The van der Waals surface area contributed by atoms with Crippen LogP contribution in [0, 0.1) is 0 Å². The summed E-state index contributed by atoms with van der Waals surface area (Å²) in [5.41, 5.74) is 4.68. The molecule has 4 aromatic carbocycles. The number of fused-ring (bicyclic) bond motifs is 2. The lowest BCUT2D eigenvalue weighted by Gasteiger charge is -2.44. The Morgan fingerprint density at radius 1 is 0.696 bits per heavy atom. The highest BCUT2D eigenvalue weighted by atomic mass is 35.5. The Morgan fingerprint density at radius 2 is 1.24 bits per heavy atom. The molecule has 79 heavy (non-hydrogen) atoms. The predicted molar refractivity (Wildman–Crippen MR) is 301 cm³/mol. The molecule has 3 fully saturated rings. The lowest BCUT2D eigenvalue weighted by atomic mass is 9.86. The van der Waals surface area contributed by atoms with E-state index < -0.39 is 49.9 Å². The number of carbonyl (C=O) groups is 2. The number of rotatable bonds is 16. The lowest BCUT2D eigenvalue weighted by molar-refractivity contribution is -0.0742. The van der Waals surface area contributed by atoms with E-state index >= 15 is 0 Å². The number of halogens is 4. The largest absolute Gasteiger partial charge is 0.455 e. The summed E-state index contributed by atoms with van der Waals surface area (Å²) in [4.78, 5) is 50.2. The number of hydrogen-bond acceptors (Lipinski definition) is 17. The monoisotopic (exact) mass is 1190 g/mol. The third kappa shape index (κ3) is 11.8. The molecule has 2 atom stereocenters. The molecule has 7 heterocycles. The number of aromatic nitrogens is 4. The van der Waals surface area contributed by atoms with Crippen molar-refractivity contribution in [2.24, 2.45) is 0 Å². The first-order valence-corrected chi connectivity index (χ1v) is 30.3. The zero-order valence-electron chi connectivity index (χ0n) is 42.2. The standard InChI is InChI=1S/C52H52Cl4N12O9S2/c1-78(71,72)61-22-31-21-34(9-11-35(31)29-12-16-57-17-13-29)68(52-60-24-38-47(64-52)77-28-67(49(38)70)45-41(55)6-3-7-42(45)56)50-43(25-75-50)65-79(73,74)26-32-20-33(8-10-36(32)30-14-18-58-19-15-30)62-51-59-23-37-46(63-51)76-27-66(48(37)69)44-39(53)4-2-5-40(44)54/h2-11,20-21,23-24,29-30,43,50,57-58,61,65H,12-19,22,25-28H2,1H3,(H,59,62,63). The van der Waals surface area contributed by atoms with Crippen molar-refractivity contribution in [1.29, 1.82) is 0 Å². The van der Waals surface area contributed by atoms with Crippen molar-refractivity contribution >= 4 is 113 Å². The molecular weight excluding hydrogens is 1140 g/mol. The lowest BCUT2D eigenvalue weighted by Crippen LogP contribution is -2.62. The van der Waals surface area contributed by atoms with Crippen molar-refractivity contribution < 1.29 is 40.6 Å². The number of ether oxygens (including phenoxy) is 3. The van der Waals surface area contributed by atoms with E-state index in [4.69, 9.17) is 65.6 Å². The highest BCUT2D eigenvalue weighted by molar-refractivity contribution is 7.89. The molecule has 0 spiro atoms. The van der Waals surface area contributed by atoms with Gasteiger partial charge in [0, 0.05) is 30.3 Å². The van der Waals surface area contributed by atoms with Gasteiger partial charge >= 0.3 is 0 Å². The molecule has 0 saturated carbocycles. The molecule has 5 aliphatic rings. The van der Waals surface area contributed by atoms with Crippen LogP contribution in [0.2, 0.25) is 20.1 Å². The number of anilines is 6. The Kier molecular flexibility index (Phi) is 15.9. The van der Waals surface area contributed by atoms with Gasteiger partial charge in [0.05, 0.1) is 56.1 Å². The van der Waals surface area contributed by atoms with E-state index in [1.807, 2.05) is 30.3 Å². The Labute approximate surface area is 475 Å². The molecule has 5 aliphatic heterocycles. The number of hydrogen-bond donors (Lipinski definition) is 5. The van der Waals surface area contributed by atoms with E-state index in [0.29, 0.717) is 28.2 Å². The maximum absolute atomic E-state index is 14.7. The van der Waals surface area contributed by atoms with Gasteiger partial charge in [-0.3, -0.25) is 24.3 Å². The van der Waals surface area contributed by atoms with Gasteiger partial charge in [-0.25, -0.2) is 36.2 Å². The molecule has 0 radical (unpaired) electrons. The van der Waals surface area contributed by atoms with E-state index in [0.717, 1.165) is 69.2 Å². The summed E-state index contributed by atoms with van der Waals surface area (Å²) >= 11 is 25.8. The molecule has 27 heteroatoms. The SMILES string of the molecule is CS(=O)(=O)NCc1cc(N(c2ncc3c(n2)OCN(c2c(Cl)cccc2Cl)C3=O)C2OCC2NS(=O)(=O)Cc2cc(Nc3ncc4c(n3)OCN(c3c(Cl)cccc3Cl)C4=O)ccc2C2CCNCC2)ccc1C1CCNCC1. The van der Waals surface area contributed by atoms with Crippen LogP contribution in [0.4, 0.5) is 34.6 Å². The molecule has 21 nitrogen and oxygen atoms in total. The molecule has 0 bridgehead atoms. The van der Waals surface area contributed by atoms with Crippen LogP contribution >= 0.6 is 46.4 Å². The number of amides is 2. The van der Waals surface area contributed by atoms with Gasteiger partial charge < -0.3 is 30.2 Å². The normalized spacial score (nSPS) is 19.0. The number of piperidine rings is 2. The number of para-hydroxylation sites is 2. The van der Waals surface area contributed by atoms with Crippen LogP contribution in [-0.4, -0.2) is 113 Å².